The summed E-state index contributed by atoms with van der Waals surface area (Å²) < 4.78 is 0. The zero-order valence-electron chi connectivity index (χ0n) is 8.63. The van der Waals surface area contributed by atoms with E-state index < -0.39 is 0 Å². The normalized spacial score (nSPS) is 11.8. The molecule has 0 saturated heterocycles. The predicted molar refractivity (Wildman–Crippen MR) is 63.1 cm³/mol. The third-order valence-corrected chi connectivity index (χ3v) is 2.45. The number of nitrogens with zero attached hydrogens (tertiary/aromatic N) is 1. The van der Waals surface area contributed by atoms with Crippen molar-refractivity contribution in [3.8, 4) is 6.07 Å². The van der Waals surface area contributed by atoms with Crippen LogP contribution < -0.4 is 5.73 Å². The molecular weight excluding hydrogens is 208 g/mol. The van der Waals surface area contributed by atoms with Gasteiger partial charge >= 0.3 is 0 Å². The molecule has 0 aliphatic rings. The lowest BCUT2D eigenvalue weighted by molar-refractivity contribution is 0.929. The highest BCUT2D eigenvalue weighted by atomic mass is 35.5. The van der Waals surface area contributed by atoms with Gasteiger partial charge in [0.2, 0.25) is 0 Å². The molecule has 0 atom stereocenters. The Morgan fingerprint density at radius 2 is 2.13 bits per heavy atom. The Labute approximate surface area is 95.0 Å². The van der Waals surface area contributed by atoms with E-state index >= 15 is 0 Å². The fourth-order valence-corrected chi connectivity index (χ4v) is 1.58. The topological polar surface area (TPSA) is 49.8 Å². The van der Waals surface area contributed by atoms with Gasteiger partial charge in [-0.1, -0.05) is 43.1 Å². The van der Waals surface area contributed by atoms with Crippen LogP contribution in [0.25, 0.3) is 5.70 Å². The number of hydrogen-bond acceptors (Lipinski definition) is 2. The second-order valence-corrected chi connectivity index (χ2v) is 3.64. The van der Waals surface area contributed by atoms with E-state index in [1.807, 2.05) is 25.1 Å². The highest BCUT2D eigenvalue weighted by molar-refractivity contribution is 6.32. The molecule has 0 amide bonds. The standard InChI is InChI=1S/C12H13ClN2/c1-2-5-9(8-14)12(15)10-6-3-4-7-11(10)13/h3-4,6-7H,2,5,15H2,1H3/b12-9-. The van der Waals surface area contributed by atoms with E-state index in [-0.39, 0.29) is 0 Å². The molecule has 0 fully saturated rings. The van der Waals surface area contributed by atoms with Crippen LogP contribution in [0.3, 0.4) is 0 Å². The van der Waals surface area contributed by atoms with Crippen molar-refractivity contribution in [1.82, 2.24) is 0 Å². The van der Waals surface area contributed by atoms with Gasteiger partial charge in [-0.3, -0.25) is 0 Å². The van der Waals surface area contributed by atoms with Crippen LogP contribution in [0.2, 0.25) is 5.02 Å². The van der Waals surface area contributed by atoms with E-state index in [2.05, 4.69) is 6.07 Å². The first-order chi connectivity index (χ1) is 7.20. The predicted octanol–water partition coefficient (Wildman–Crippen LogP) is 3.33. The maximum atomic E-state index is 8.95. The van der Waals surface area contributed by atoms with Crippen molar-refractivity contribution in [3.05, 3.63) is 40.4 Å². The summed E-state index contributed by atoms with van der Waals surface area (Å²) in [6.45, 7) is 2.01. The minimum Gasteiger partial charge on any atom is -0.397 e. The van der Waals surface area contributed by atoms with Crippen LogP contribution in [0, 0.1) is 11.3 Å². The highest BCUT2D eigenvalue weighted by Gasteiger charge is 2.07. The molecule has 15 heavy (non-hydrogen) atoms. The molecule has 2 nitrogen and oxygen atoms in total. The number of hydrogen-bond donors (Lipinski definition) is 1. The zero-order chi connectivity index (χ0) is 11.3. The summed E-state index contributed by atoms with van der Waals surface area (Å²) >= 11 is 6.00. The molecule has 1 aromatic carbocycles. The van der Waals surface area contributed by atoms with Crippen molar-refractivity contribution in [2.45, 2.75) is 19.8 Å². The Balaban J connectivity index is 3.18. The lowest BCUT2D eigenvalue weighted by atomic mass is 10.0. The summed E-state index contributed by atoms with van der Waals surface area (Å²) in [5.74, 6) is 0. The molecule has 78 valence electrons. The second-order valence-electron chi connectivity index (χ2n) is 3.23. The van der Waals surface area contributed by atoms with Crippen LogP contribution in [0.15, 0.2) is 29.8 Å². The van der Waals surface area contributed by atoms with Crippen molar-refractivity contribution in [3.63, 3.8) is 0 Å². The van der Waals surface area contributed by atoms with E-state index in [0.29, 0.717) is 22.7 Å². The maximum Gasteiger partial charge on any atom is 0.0968 e. The molecule has 0 aliphatic carbocycles. The molecule has 0 aromatic heterocycles. The zero-order valence-corrected chi connectivity index (χ0v) is 9.38. The molecule has 0 heterocycles. The van der Waals surface area contributed by atoms with Gasteiger partial charge in [0.25, 0.3) is 0 Å². The van der Waals surface area contributed by atoms with Crippen LogP contribution in [0.4, 0.5) is 0 Å². The van der Waals surface area contributed by atoms with Crippen LogP contribution in [0.5, 0.6) is 0 Å². The number of nitrogens with two attached hydrogens (primary N) is 1. The number of halogens is 1. The average molecular weight is 221 g/mol. The average Bonchev–Trinajstić information content (AvgIpc) is 2.25. The van der Waals surface area contributed by atoms with E-state index in [0.717, 1.165) is 12.0 Å². The van der Waals surface area contributed by atoms with E-state index in [1.54, 1.807) is 6.07 Å². The monoisotopic (exact) mass is 220 g/mol. The smallest absolute Gasteiger partial charge is 0.0968 e. The van der Waals surface area contributed by atoms with E-state index in [9.17, 15) is 0 Å². The van der Waals surface area contributed by atoms with Gasteiger partial charge in [0.1, 0.15) is 0 Å². The van der Waals surface area contributed by atoms with Gasteiger partial charge in [-0.25, -0.2) is 0 Å². The Morgan fingerprint density at radius 1 is 1.47 bits per heavy atom. The number of nitriles is 1. The minimum atomic E-state index is 0.491. The molecule has 3 heteroatoms. The minimum absolute atomic E-state index is 0.491. The van der Waals surface area contributed by atoms with E-state index in [1.165, 1.54) is 0 Å². The summed E-state index contributed by atoms with van der Waals surface area (Å²) in [5.41, 5.74) is 7.74. The Kier molecular flexibility index (Phi) is 4.20. The lowest BCUT2D eigenvalue weighted by Crippen LogP contribution is -2.01. The van der Waals surface area contributed by atoms with Gasteiger partial charge in [0.05, 0.1) is 17.3 Å². The fourth-order valence-electron chi connectivity index (χ4n) is 1.34. The van der Waals surface area contributed by atoms with Crippen molar-refractivity contribution >= 4 is 17.3 Å². The van der Waals surface area contributed by atoms with Gasteiger partial charge in [0.15, 0.2) is 0 Å². The maximum absolute atomic E-state index is 8.95. The Morgan fingerprint density at radius 3 is 2.67 bits per heavy atom. The number of rotatable bonds is 3. The summed E-state index contributed by atoms with van der Waals surface area (Å²) in [6, 6.07) is 9.41. The summed E-state index contributed by atoms with van der Waals surface area (Å²) in [7, 11) is 0. The molecule has 0 aliphatic heterocycles. The lowest BCUT2D eigenvalue weighted by Gasteiger charge is -2.06. The molecule has 1 aromatic rings. The van der Waals surface area contributed by atoms with Crippen molar-refractivity contribution in [2.24, 2.45) is 5.73 Å². The first kappa shape index (κ1) is 11.6. The number of benzene rings is 1. The summed E-state index contributed by atoms with van der Waals surface area (Å²) in [5, 5.41) is 9.53. The van der Waals surface area contributed by atoms with Crippen LogP contribution in [-0.4, -0.2) is 0 Å². The Hall–Kier alpha value is -1.46. The van der Waals surface area contributed by atoms with Gasteiger partial charge in [0, 0.05) is 10.6 Å². The van der Waals surface area contributed by atoms with Crippen LogP contribution >= 0.6 is 11.6 Å². The molecule has 0 bridgehead atoms. The summed E-state index contributed by atoms with van der Waals surface area (Å²) in [4.78, 5) is 0. The first-order valence-corrected chi connectivity index (χ1v) is 5.22. The fraction of sp³-hybridized carbons (Fsp3) is 0.250. The second kappa shape index (κ2) is 5.43. The SMILES string of the molecule is CCC/C(C#N)=C(/N)c1ccccc1Cl. The number of allylic oxidation sites excluding steroid dienone is 1. The Bertz CT molecular complexity index is 416. The van der Waals surface area contributed by atoms with E-state index in [4.69, 9.17) is 22.6 Å². The largest absolute Gasteiger partial charge is 0.397 e. The highest BCUT2D eigenvalue weighted by Crippen LogP contribution is 2.23. The first-order valence-electron chi connectivity index (χ1n) is 4.84. The van der Waals surface area contributed by atoms with Crippen LogP contribution in [0.1, 0.15) is 25.3 Å². The molecular formula is C12H13ClN2. The van der Waals surface area contributed by atoms with Crippen molar-refractivity contribution in [2.75, 3.05) is 0 Å². The van der Waals surface area contributed by atoms with Gasteiger partial charge < -0.3 is 5.73 Å². The van der Waals surface area contributed by atoms with Crippen molar-refractivity contribution in [1.29, 1.82) is 5.26 Å². The molecule has 2 N–H and O–H groups in total. The van der Waals surface area contributed by atoms with Crippen LogP contribution in [-0.2, 0) is 0 Å². The molecule has 0 radical (unpaired) electrons. The van der Waals surface area contributed by atoms with Gasteiger partial charge in [-0.2, -0.15) is 5.26 Å². The molecule has 0 unspecified atom stereocenters. The molecule has 0 saturated carbocycles. The third-order valence-electron chi connectivity index (χ3n) is 2.12. The van der Waals surface area contributed by atoms with Gasteiger partial charge in [-0.15, -0.1) is 0 Å². The third kappa shape index (κ3) is 2.74. The molecule has 0 spiro atoms. The quantitative estimate of drug-likeness (QED) is 0.795. The summed E-state index contributed by atoms with van der Waals surface area (Å²) in [6.07, 6.45) is 1.58. The molecule has 1 rings (SSSR count). The van der Waals surface area contributed by atoms with Gasteiger partial charge in [-0.05, 0) is 12.5 Å². The van der Waals surface area contributed by atoms with Crippen molar-refractivity contribution < 1.29 is 0 Å².